The molecular weight excluding hydrogens is 178 g/mol. The van der Waals surface area contributed by atoms with Gasteiger partial charge in [-0.2, -0.15) is 0 Å². The third kappa shape index (κ3) is 2.57. The van der Waals surface area contributed by atoms with Crippen LogP contribution in [0.25, 0.3) is 0 Å². The fourth-order valence-electron chi connectivity index (χ4n) is 1.30. The molecule has 1 rings (SSSR count). The summed E-state index contributed by atoms with van der Waals surface area (Å²) in [7, 11) is 0. The zero-order valence-electron chi connectivity index (χ0n) is 8.45. The Bertz CT molecular complexity index is 347. The first kappa shape index (κ1) is 10.7. The summed E-state index contributed by atoms with van der Waals surface area (Å²) in [5, 5.41) is 8.59. The minimum Gasteiger partial charge on any atom is -0.481 e. The van der Waals surface area contributed by atoms with E-state index in [-0.39, 0.29) is 6.42 Å². The number of hydrogen-bond donors (Lipinski definition) is 2. The summed E-state index contributed by atoms with van der Waals surface area (Å²) >= 11 is 0. The summed E-state index contributed by atoms with van der Waals surface area (Å²) in [5.41, 5.74) is 8.95. The summed E-state index contributed by atoms with van der Waals surface area (Å²) in [6, 6.07) is 5.39. The van der Waals surface area contributed by atoms with Crippen LogP contribution in [-0.4, -0.2) is 11.1 Å². The van der Waals surface area contributed by atoms with Gasteiger partial charge in [-0.3, -0.25) is 4.79 Å². The van der Waals surface area contributed by atoms with Crippen molar-refractivity contribution in [3.05, 3.63) is 34.9 Å². The molecular formula is C11H15NO2. The van der Waals surface area contributed by atoms with Crippen molar-refractivity contribution in [3.8, 4) is 0 Å². The average molecular weight is 193 g/mol. The van der Waals surface area contributed by atoms with E-state index in [9.17, 15) is 4.79 Å². The van der Waals surface area contributed by atoms with Gasteiger partial charge in [0.2, 0.25) is 0 Å². The second-order valence-corrected chi connectivity index (χ2v) is 3.55. The Morgan fingerprint density at radius 3 is 2.57 bits per heavy atom. The molecule has 3 N–H and O–H groups in total. The first-order valence-corrected chi connectivity index (χ1v) is 4.55. The highest BCUT2D eigenvalue weighted by molar-refractivity contribution is 5.67. The van der Waals surface area contributed by atoms with E-state index in [0.29, 0.717) is 0 Å². The monoisotopic (exact) mass is 193 g/mol. The van der Waals surface area contributed by atoms with E-state index in [1.54, 1.807) is 0 Å². The Labute approximate surface area is 83.6 Å². The van der Waals surface area contributed by atoms with Crippen LogP contribution in [0.15, 0.2) is 18.2 Å². The summed E-state index contributed by atoms with van der Waals surface area (Å²) in [5.74, 6) is -0.865. The van der Waals surface area contributed by atoms with Crippen molar-refractivity contribution >= 4 is 5.97 Å². The van der Waals surface area contributed by atoms with E-state index < -0.39 is 12.0 Å². The van der Waals surface area contributed by atoms with Gasteiger partial charge < -0.3 is 10.8 Å². The number of carboxylic acids is 1. The van der Waals surface area contributed by atoms with E-state index >= 15 is 0 Å². The van der Waals surface area contributed by atoms with Gasteiger partial charge in [0.1, 0.15) is 0 Å². The van der Waals surface area contributed by atoms with Gasteiger partial charge in [0.05, 0.1) is 6.42 Å². The molecule has 0 spiro atoms. The lowest BCUT2D eigenvalue weighted by atomic mass is 10.00. The maximum atomic E-state index is 10.5. The lowest BCUT2D eigenvalue weighted by Crippen LogP contribution is -2.15. The Hall–Kier alpha value is -1.35. The molecule has 0 saturated heterocycles. The van der Waals surface area contributed by atoms with Crippen LogP contribution in [0.3, 0.4) is 0 Å². The van der Waals surface area contributed by atoms with Crippen LogP contribution in [0.2, 0.25) is 0 Å². The Morgan fingerprint density at radius 1 is 1.43 bits per heavy atom. The molecule has 0 heterocycles. The molecule has 0 aliphatic rings. The average Bonchev–Trinajstić information content (AvgIpc) is 2.08. The van der Waals surface area contributed by atoms with Crippen LogP contribution >= 0.6 is 0 Å². The van der Waals surface area contributed by atoms with Crippen molar-refractivity contribution in [2.24, 2.45) is 5.73 Å². The van der Waals surface area contributed by atoms with Crippen molar-refractivity contribution in [1.29, 1.82) is 0 Å². The van der Waals surface area contributed by atoms with Crippen molar-refractivity contribution in [2.45, 2.75) is 26.3 Å². The lowest BCUT2D eigenvalue weighted by molar-refractivity contribution is -0.137. The summed E-state index contributed by atoms with van der Waals surface area (Å²) in [6.07, 6.45) is -0.0253. The van der Waals surface area contributed by atoms with E-state index in [1.807, 2.05) is 32.0 Å². The zero-order chi connectivity index (χ0) is 10.7. The van der Waals surface area contributed by atoms with E-state index in [1.165, 1.54) is 5.56 Å². The first-order chi connectivity index (χ1) is 6.50. The standard InChI is InChI=1S/C11H15NO2/c1-7-3-4-9(5-8(7)2)10(12)6-11(13)14/h3-5,10H,6,12H2,1-2H3,(H,13,14)/t10-/m0/s1. The number of aliphatic carboxylic acids is 1. The second-order valence-electron chi connectivity index (χ2n) is 3.55. The van der Waals surface area contributed by atoms with E-state index in [0.717, 1.165) is 11.1 Å². The number of carboxylic acid groups (broad SMARTS) is 1. The number of rotatable bonds is 3. The maximum absolute atomic E-state index is 10.5. The summed E-state index contributed by atoms with van der Waals surface area (Å²) < 4.78 is 0. The van der Waals surface area contributed by atoms with Crippen molar-refractivity contribution in [2.75, 3.05) is 0 Å². The Balaban J connectivity index is 2.85. The molecule has 1 aromatic carbocycles. The van der Waals surface area contributed by atoms with Crippen LogP contribution < -0.4 is 5.73 Å². The molecule has 0 radical (unpaired) electrons. The molecule has 0 amide bonds. The molecule has 3 heteroatoms. The van der Waals surface area contributed by atoms with E-state index in [4.69, 9.17) is 10.8 Å². The summed E-state index contributed by atoms with van der Waals surface area (Å²) in [6.45, 7) is 4.01. The number of carbonyl (C=O) groups is 1. The first-order valence-electron chi connectivity index (χ1n) is 4.55. The largest absolute Gasteiger partial charge is 0.481 e. The van der Waals surface area contributed by atoms with Gasteiger partial charge in [-0.25, -0.2) is 0 Å². The van der Waals surface area contributed by atoms with Gasteiger partial charge in [0, 0.05) is 6.04 Å². The Morgan fingerprint density at radius 2 is 2.07 bits per heavy atom. The van der Waals surface area contributed by atoms with Crippen molar-refractivity contribution < 1.29 is 9.90 Å². The molecule has 1 atom stereocenters. The smallest absolute Gasteiger partial charge is 0.305 e. The molecule has 0 aliphatic carbocycles. The molecule has 0 aromatic heterocycles. The molecule has 0 fully saturated rings. The SMILES string of the molecule is Cc1ccc([C@@H](N)CC(=O)O)cc1C. The van der Waals surface area contributed by atoms with Crippen molar-refractivity contribution in [3.63, 3.8) is 0 Å². The van der Waals surface area contributed by atoms with Gasteiger partial charge in [-0.15, -0.1) is 0 Å². The predicted octanol–water partition coefficient (Wildman–Crippen LogP) is 1.78. The fraction of sp³-hybridized carbons (Fsp3) is 0.364. The lowest BCUT2D eigenvalue weighted by Gasteiger charge is -2.11. The number of hydrogen-bond acceptors (Lipinski definition) is 2. The van der Waals surface area contributed by atoms with Crippen molar-refractivity contribution in [1.82, 2.24) is 0 Å². The zero-order valence-corrected chi connectivity index (χ0v) is 8.45. The van der Waals surface area contributed by atoms with Gasteiger partial charge in [0.25, 0.3) is 0 Å². The molecule has 0 saturated carbocycles. The summed E-state index contributed by atoms with van der Waals surface area (Å²) in [4.78, 5) is 10.5. The molecule has 3 nitrogen and oxygen atoms in total. The van der Waals surface area contributed by atoms with Gasteiger partial charge in [0.15, 0.2) is 0 Å². The second kappa shape index (κ2) is 4.24. The van der Waals surface area contributed by atoms with Gasteiger partial charge in [-0.1, -0.05) is 18.2 Å². The molecule has 0 bridgehead atoms. The van der Waals surface area contributed by atoms with Crippen LogP contribution in [0.1, 0.15) is 29.2 Å². The number of benzene rings is 1. The molecule has 0 aliphatic heterocycles. The third-order valence-corrected chi connectivity index (χ3v) is 2.35. The highest BCUT2D eigenvalue weighted by Crippen LogP contribution is 2.17. The molecule has 76 valence electrons. The predicted molar refractivity (Wildman–Crippen MR) is 55.1 cm³/mol. The normalized spacial score (nSPS) is 12.5. The minimum atomic E-state index is -0.865. The molecule has 14 heavy (non-hydrogen) atoms. The highest BCUT2D eigenvalue weighted by atomic mass is 16.4. The molecule has 1 aromatic rings. The van der Waals surface area contributed by atoms with Gasteiger partial charge >= 0.3 is 5.97 Å². The van der Waals surface area contributed by atoms with Crippen LogP contribution in [0, 0.1) is 13.8 Å². The highest BCUT2D eigenvalue weighted by Gasteiger charge is 2.10. The quantitative estimate of drug-likeness (QED) is 0.769. The molecule has 0 unspecified atom stereocenters. The van der Waals surface area contributed by atoms with Crippen LogP contribution in [0.5, 0.6) is 0 Å². The minimum absolute atomic E-state index is 0.0253. The van der Waals surface area contributed by atoms with Crippen LogP contribution in [0.4, 0.5) is 0 Å². The third-order valence-electron chi connectivity index (χ3n) is 2.35. The Kier molecular flexibility index (Phi) is 3.25. The van der Waals surface area contributed by atoms with Crippen LogP contribution in [-0.2, 0) is 4.79 Å². The van der Waals surface area contributed by atoms with E-state index in [2.05, 4.69) is 0 Å². The number of nitrogens with two attached hydrogens (primary N) is 1. The number of aryl methyl sites for hydroxylation is 2. The maximum Gasteiger partial charge on any atom is 0.305 e. The van der Waals surface area contributed by atoms with Gasteiger partial charge in [-0.05, 0) is 30.5 Å². The topological polar surface area (TPSA) is 63.3 Å². The fourth-order valence-corrected chi connectivity index (χ4v) is 1.30.